The number of hydrogen-bond donors (Lipinski definition) is 0. The molecule has 1 aliphatic heterocycles. The van der Waals surface area contributed by atoms with E-state index in [1.807, 2.05) is 13.0 Å². The molecule has 4 heteroatoms. The van der Waals surface area contributed by atoms with Crippen LogP contribution in [0, 0.1) is 27.7 Å². The standard InChI is InChI=1S/C24H28N2O2/c1-16-6-5-7-22(19(16)4)26-10-8-25(9-11-26)15-20-14-24(27)28-23-13-18(3)17(2)12-21(20)23/h5-7,12-14H,8-11,15H2,1-4H3. The molecule has 1 saturated heterocycles. The van der Waals surface area contributed by atoms with E-state index in [-0.39, 0.29) is 5.63 Å². The zero-order valence-corrected chi connectivity index (χ0v) is 17.2. The smallest absolute Gasteiger partial charge is 0.336 e. The minimum absolute atomic E-state index is 0.264. The third-order valence-electron chi connectivity index (χ3n) is 6.13. The minimum Gasteiger partial charge on any atom is -0.423 e. The average molecular weight is 377 g/mol. The van der Waals surface area contributed by atoms with Crippen LogP contribution in [-0.2, 0) is 6.54 Å². The molecule has 0 amide bonds. The van der Waals surface area contributed by atoms with E-state index in [0.717, 1.165) is 49.2 Å². The maximum atomic E-state index is 12.1. The van der Waals surface area contributed by atoms with Crippen LogP contribution >= 0.6 is 0 Å². The fourth-order valence-electron chi connectivity index (χ4n) is 4.08. The molecule has 4 nitrogen and oxygen atoms in total. The van der Waals surface area contributed by atoms with Crippen molar-refractivity contribution in [2.45, 2.75) is 34.2 Å². The summed E-state index contributed by atoms with van der Waals surface area (Å²) in [5, 5.41) is 1.06. The molecule has 0 bridgehead atoms. The first-order valence-corrected chi connectivity index (χ1v) is 10.00. The van der Waals surface area contributed by atoms with E-state index in [2.05, 4.69) is 54.8 Å². The third-order valence-corrected chi connectivity index (χ3v) is 6.13. The maximum absolute atomic E-state index is 12.1. The van der Waals surface area contributed by atoms with Crippen molar-refractivity contribution in [3.05, 3.63) is 74.6 Å². The molecule has 0 spiro atoms. The number of anilines is 1. The van der Waals surface area contributed by atoms with Crippen molar-refractivity contribution in [1.29, 1.82) is 0 Å². The topological polar surface area (TPSA) is 36.7 Å². The second-order valence-electron chi connectivity index (χ2n) is 8.01. The van der Waals surface area contributed by atoms with E-state index in [9.17, 15) is 4.79 Å². The van der Waals surface area contributed by atoms with Crippen LogP contribution in [0.5, 0.6) is 0 Å². The molecule has 0 aliphatic carbocycles. The molecule has 1 fully saturated rings. The lowest BCUT2D eigenvalue weighted by Crippen LogP contribution is -2.46. The van der Waals surface area contributed by atoms with Crippen LogP contribution in [0.15, 0.2) is 45.6 Å². The van der Waals surface area contributed by atoms with Gasteiger partial charge in [0.1, 0.15) is 5.58 Å². The second-order valence-corrected chi connectivity index (χ2v) is 8.01. The minimum atomic E-state index is -0.264. The van der Waals surface area contributed by atoms with E-state index in [1.165, 1.54) is 22.4 Å². The van der Waals surface area contributed by atoms with Gasteiger partial charge in [0.25, 0.3) is 0 Å². The Kier molecular flexibility index (Phi) is 4.98. The van der Waals surface area contributed by atoms with Gasteiger partial charge in [0.15, 0.2) is 0 Å². The van der Waals surface area contributed by atoms with Gasteiger partial charge in [-0.3, -0.25) is 4.90 Å². The highest BCUT2D eigenvalue weighted by Crippen LogP contribution is 2.26. The lowest BCUT2D eigenvalue weighted by atomic mass is 10.0. The first kappa shape index (κ1) is 18.8. The van der Waals surface area contributed by atoms with E-state index in [1.54, 1.807) is 6.07 Å². The van der Waals surface area contributed by atoms with Crippen LogP contribution in [-0.4, -0.2) is 31.1 Å². The predicted octanol–water partition coefficient (Wildman–Crippen LogP) is 4.35. The Morgan fingerprint density at radius 3 is 2.36 bits per heavy atom. The number of benzene rings is 2. The summed E-state index contributed by atoms with van der Waals surface area (Å²) >= 11 is 0. The van der Waals surface area contributed by atoms with Gasteiger partial charge >= 0.3 is 5.63 Å². The molecule has 146 valence electrons. The summed E-state index contributed by atoms with van der Waals surface area (Å²) in [4.78, 5) is 17.0. The SMILES string of the molecule is Cc1cc2oc(=O)cc(CN3CCN(c4cccc(C)c4C)CC3)c2cc1C. The molecule has 0 unspecified atom stereocenters. The molecule has 1 aromatic heterocycles. The Bertz CT molecular complexity index is 1080. The first-order chi connectivity index (χ1) is 13.4. The normalized spacial score (nSPS) is 15.4. The van der Waals surface area contributed by atoms with Gasteiger partial charge in [0.2, 0.25) is 0 Å². The first-order valence-electron chi connectivity index (χ1n) is 10.00. The summed E-state index contributed by atoms with van der Waals surface area (Å²) in [6.45, 7) is 13.3. The van der Waals surface area contributed by atoms with E-state index >= 15 is 0 Å². The molecule has 0 radical (unpaired) electrons. The molecule has 3 aromatic rings. The molecule has 0 atom stereocenters. The fraction of sp³-hybridized carbons (Fsp3) is 0.375. The molecule has 2 heterocycles. The van der Waals surface area contributed by atoms with Crippen molar-refractivity contribution < 1.29 is 4.42 Å². The Labute approximate surface area is 166 Å². The third kappa shape index (κ3) is 3.57. The van der Waals surface area contributed by atoms with Crippen LogP contribution in [0.4, 0.5) is 5.69 Å². The number of hydrogen-bond acceptors (Lipinski definition) is 4. The van der Waals surface area contributed by atoms with Gasteiger partial charge in [-0.25, -0.2) is 4.79 Å². The van der Waals surface area contributed by atoms with Crippen molar-refractivity contribution in [1.82, 2.24) is 4.90 Å². The quantitative estimate of drug-likeness (QED) is 0.637. The Balaban J connectivity index is 1.53. The summed E-state index contributed by atoms with van der Waals surface area (Å²) in [6.07, 6.45) is 0. The lowest BCUT2D eigenvalue weighted by molar-refractivity contribution is 0.250. The monoisotopic (exact) mass is 376 g/mol. The zero-order valence-electron chi connectivity index (χ0n) is 17.2. The number of aryl methyl sites for hydroxylation is 3. The van der Waals surface area contributed by atoms with E-state index < -0.39 is 0 Å². The van der Waals surface area contributed by atoms with Crippen molar-refractivity contribution in [3.63, 3.8) is 0 Å². The van der Waals surface area contributed by atoms with Gasteiger partial charge in [-0.1, -0.05) is 12.1 Å². The fourth-order valence-corrected chi connectivity index (χ4v) is 4.08. The maximum Gasteiger partial charge on any atom is 0.336 e. The highest BCUT2D eigenvalue weighted by atomic mass is 16.4. The van der Waals surface area contributed by atoms with Crippen molar-refractivity contribution in [2.24, 2.45) is 0 Å². The molecular formula is C24H28N2O2. The highest BCUT2D eigenvalue weighted by molar-refractivity contribution is 5.81. The van der Waals surface area contributed by atoms with Crippen molar-refractivity contribution in [3.8, 4) is 0 Å². The summed E-state index contributed by atoms with van der Waals surface area (Å²) in [5.41, 5.74) is 7.92. The molecule has 2 aromatic carbocycles. The van der Waals surface area contributed by atoms with Crippen LogP contribution in [0.3, 0.4) is 0 Å². The van der Waals surface area contributed by atoms with Crippen molar-refractivity contribution >= 4 is 16.7 Å². The van der Waals surface area contributed by atoms with Crippen LogP contribution in [0.25, 0.3) is 11.0 Å². The van der Waals surface area contributed by atoms with Crippen LogP contribution in [0.1, 0.15) is 27.8 Å². The summed E-state index contributed by atoms with van der Waals surface area (Å²) < 4.78 is 5.44. The van der Waals surface area contributed by atoms with Crippen molar-refractivity contribution in [2.75, 3.05) is 31.1 Å². The van der Waals surface area contributed by atoms with Gasteiger partial charge in [-0.15, -0.1) is 0 Å². The second kappa shape index (κ2) is 7.44. The number of fused-ring (bicyclic) bond motifs is 1. The number of piperazine rings is 1. The van der Waals surface area contributed by atoms with E-state index in [0.29, 0.717) is 5.58 Å². The summed E-state index contributed by atoms with van der Waals surface area (Å²) in [5.74, 6) is 0. The zero-order chi connectivity index (χ0) is 19.8. The Hall–Kier alpha value is -2.59. The van der Waals surface area contributed by atoms with Gasteiger partial charge < -0.3 is 9.32 Å². The summed E-state index contributed by atoms with van der Waals surface area (Å²) in [7, 11) is 0. The molecule has 0 saturated carbocycles. The molecule has 28 heavy (non-hydrogen) atoms. The van der Waals surface area contributed by atoms with Crippen LogP contribution < -0.4 is 10.5 Å². The largest absolute Gasteiger partial charge is 0.423 e. The number of nitrogens with zero attached hydrogens (tertiary/aromatic N) is 2. The molecule has 1 aliphatic rings. The van der Waals surface area contributed by atoms with Gasteiger partial charge in [0.05, 0.1) is 0 Å². The summed E-state index contributed by atoms with van der Waals surface area (Å²) in [6, 6.07) is 12.3. The predicted molar refractivity (Wildman–Crippen MR) is 115 cm³/mol. The molecule has 0 N–H and O–H groups in total. The Morgan fingerprint density at radius 2 is 1.61 bits per heavy atom. The van der Waals surface area contributed by atoms with Gasteiger partial charge in [-0.05, 0) is 73.7 Å². The van der Waals surface area contributed by atoms with E-state index in [4.69, 9.17) is 4.42 Å². The highest BCUT2D eigenvalue weighted by Gasteiger charge is 2.20. The van der Waals surface area contributed by atoms with Crippen LogP contribution in [0.2, 0.25) is 0 Å². The average Bonchev–Trinajstić information content (AvgIpc) is 2.66. The molecule has 4 rings (SSSR count). The molecular weight excluding hydrogens is 348 g/mol. The Morgan fingerprint density at radius 1 is 0.893 bits per heavy atom. The van der Waals surface area contributed by atoms with Gasteiger partial charge in [-0.2, -0.15) is 0 Å². The van der Waals surface area contributed by atoms with Gasteiger partial charge in [0, 0.05) is 49.9 Å². The lowest BCUT2D eigenvalue weighted by Gasteiger charge is -2.37. The number of rotatable bonds is 3.